The molecule has 2 aromatic carbocycles. The van der Waals surface area contributed by atoms with Crippen LogP contribution < -0.4 is 10.3 Å². The second kappa shape index (κ2) is 11.6. The maximum atomic E-state index is 13.4. The molecule has 0 aliphatic heterocycles. The lowest BCUT2D eigenvalue weighted by Gasteiger charge is -2.20. The van der Waals surface area contributed by atoms with Gasteiger partial charge in [0.15, 0.2) is 10.8 Å². The Morgan fingerprint density at radius 1 is 1.02 bits per heavy atom. The number of halogens is 3. The molecular weight excluding hydrogens is 560 g/mol. The fraction of sp³-hybridized carbons (Fsp3) is 0.214. The molecule has 0 spiro atoms. The maximum Gasteiger partial charge on any atom is 0.291 e. The Hall–Kier alpha value is -4.09. The van der Waals surface area contributed by atoms with Crippen LogP contribution in [0.2, 0.25) is 5.02 Å². The summed E-state index contributed by atoms with van der Waals surface area (Å²) in [5.41, 5.74) is 3.03. The predicted molar refractivity (Wildman–Crippen MR) is 149 cm³/mol. The van der Waals surface area contributed by atoms with Gasteiger partial charge in [0, 0.05) is 41.0 Å². The van der Waals surface area contributed by atoms with Gasteiger partial charge in [0.05, 0.1) is 30.4 Å². The second-order valence-electron chi connectivity index (χ2n) is 8.88. The second-order valence-corrected chi connectivity index (χ2v) is 10.3. The molecule has 0 fully saturated rings. The molecule has 12 heteroatoms. The molecule has 204 valence electrons. The van der Waals surface area contributed by atoms with Crippen molar-refractivity contribution in [1.82, 2.24) is 24.7 Å². The monoisotopic (exact) mass is 581 g/mol. The number of fused-ring (bicyclic) bond motifs is 1. The van der Waals surface area contributed by atoms with Gasteiger partial charge in [-0.15, -0.1) is 10.2 Å². The number of carbonyl (C=O) groups excluding carboxylic acids is 1. The third-order valence-electron chi connectivity index (χ3n) is 6.40. The lowest BCUT2D eigenvalue weighted by atomic mass is 9.98. The molecule has 0 N–H and O–H groups in total. The van der Waals surface area contributed by atoms with Crippen LogP contribution in [0.15, 0.2) is 65.8 Å². The predicted octanol–water partition coefficient (Wildman–Crippen LogP) is 6.34. The summed E-state index contributed by atoms with van der Waals surface area (Å²) < 4.78 is 33.3. The number of pyridine rings is 1. The van der Waals surface area contributed by atoms with E-state index in [0.717, 1.165) is 22.4 Å². The van der Waals surface area contributed by atoms with Crippen molar-refractivity contribution in [1.29, 1.82) is 0 Å². The van der Waals surface area contributed by atoms with E-state index in [9.17, 15) is 18.4 Å². The molecule has 0 aliphatic rings. The summed E-state index contributed by atoms with van der Waals surface area (Å²) in [5.74, 6) is 0.147. The average Bonchev–Trinajstić information content (AvgIpc) is 3.44. The van der Waals surface area contributed by atoms with Gasteiger partial charge in [-0.1, -0.05) is 35.9 Å². The Bertz CT molecular complexity index is 1770. The molecule has 0 radical (unpaired) electrons. The largest absolute Gasteiger partial charge is 0.495 e. The van der Waals surface area contributed by atoms with Gasteiger partial charge in [-0.05, 0) is 47.9 Å². The molecule has 40 heavy (non-hydrogen) atoms. The van der Waals surface area contributed by atoms with Crippen molar-refractivity contribution in [3.05, 3.63) is 87.0 Å². The van der Waals surface area contributed by atoms with E-state index in [2.05, 4.69) is 20.2 Å². The van der Waals surface area contributed by atoms with Crippen molar-refractivity contribution < 1.29 is 18.3 Å². The zero-order valence-electron chi connectivity index (χ0n) is 21.3. The summed E-state index contributed by atoms with van der Waals surface area (Å²) in [6, 6.07) is 10.9. The normalized spacial score (nSPS) is 12.2. The number of aromatic nitrogens is 5. The van der Waals surface area contributed by atoms with Crippen LogP contribution in [0.5, 0.6) is 5.75 Å². The van der Waals surface area contributed by atoms with E-state index in [-0.39, 0.29) is 17.2 Å². The number of carbonyl (C=O) groups is 1. The summed E-state index contributed by atoms with van der Waals surface area (Å²) in [6.07, 6.45) is 2.40. The summed E-state index contributed by atoms with van der Waals surface area (Å²) >= 11 is 7.03. The van der Waals surface area contributed by atoms with E-state index in [1.165, 1.54) is 23.9 Å². The molecule has 0 bridgehead atoms. The summed E-state index contributed by atoms with van der Waals surface area (Å²) in [5, 5.41) is 7.68. The lowest BCUT2D eigenvalue weighted by Crippen LogP contribution is -2.30. The number of alkyl halides is 2. The number of ketones is 1. The van der Waals surface area contributed by atoms with Crippen LogP contribution in [0.4, 0.5) is 8.78 Å². The number of methoxy groups -OCH3 is 1. The third-order valence-corrected chi connectivity index (χ3v) is 7.60. The fourth-order valence-corrected chi connectivity index (χ4v) is 5.43. The molecule has 0 amide bonds. The lowest BCUT2D eigenvalue weighted by molar-refractivity contribution is -0.121. The minimum absolute atomic E-state index is 0.101. The number of rotatable bonds is 9. The van der Waals surface area contributed by atoms with Gasteiger partial charge in [0.2, 0.25) is 0 Å². The van der Waals surface area contributed by atoms with Crippen LogP contribution in [0.3, 0.4) is 0 Å². The quantitative estimate of drug-likeness (QED) is 0.200. The van der Waals surface area contributed by atoms with Gasteiger partial charge in [0.1, 0.15) is 10.8 Å². The number of ether oxygens (including phenoxy) is 1. The summed E-state index contributed by atoms with van der Waals surface area (Å²) in [7, 11) is 1.44. The van der Waals surface area contributed by atoms with Crippen LogP contribution in [0, 0.1) is 0 Å². The Morgan fingerprint density at radius 2 is 1.80 bits per heavy atom. The van der Waals surface area contributed by atoms with E-state index < -0.39 is 23.0 Å². The number of benzene rings is 2. The van der Waals surface area contributed by atoms with Crippen molar-refractivity contribution in [2.75, 3.05) is 7.11 Å². The molecule has 3 heterocycles. The van der Waals surface area contributed by atoms with Crippen LogP contribution in [0.25, 0.3) is 32.7 Å². The van der Waals surface area contributed by atoms with Crippen LogP contribution in [0.1, 0.15) is 36.4 Å². The number of hydrogen-bond acceptors (Lipinski definition) is 8. The average molecular weight is 582 g/mol. The molecule has 1 atom stereocenters. The topological polar surface area (TPSA) is 99.9 Å². The minimum Gasteiger partial charge on any atom is -0.495 e. The van der Waals surface area contributed by atoms with Crippen LogP contribution in [-0.4, -0.2) is 37.6 Å². The van der Waals surface area contributed by atoms with Gasteiger partial charge in [0.25, 0.3) is 12.0 Å². The highest BCUT2D eigenvalue weighted by molar-refractivity contribution is 7.14. The molecule has 5 aromatic rings. The molecule has 3 aromatic heterocycles. The Kier molecular flexibility index (Phi) is 7.95. The Balaban J connectivity index is 1.52. The first kappa shape index (κ1) is 27.5. The van der Waals surface area contributed by atoms with Gasteiger partial charge in [-0.2, -0.15) is 0 Å². The zero-order chi connectivity index (χ0) is 28.4. The van der Waals surface area contributed by atoms with Crippen molar-refractivity contribution >= 4 is 39.8 Å². The van der Waals surface area contributed by atoms with E-state index >= 15 is 0 Å². The fourth-order valence-electron chi connectivity index (χ4n) is 4.52. The van der Waals surface area contributed by atoms with E-state index in [4.69, 9.17) is 16.3 Å². The smallest absolute Gasteiger partial charge is 0.291 e. The van der Waals surface area contributed by atoms with Crippen molar-refractivity contribution in [2.45, 2.75) is 32.2 Å². The molecule has 8 nitrogen and oxygen atoms in total. The summed E-state index contributed by atoms with van der Waals surface area (Å²) in [4.78, 5) is 35.4. The van der Waals surface area contributed by atoms with Gasteiger partial charge >= 0.3 is 0 Å². The van der Waals surface area contributed by atoms with Gasteiger partial charge < -0.3 is 9.30 Å². The molecule has 0 aliphatic carbocycles. The first-order valence-corrected chi connectivity index (χ1v) is 13.4. The van der Waals surface area contributed by atoms with Crippen LogP contribution in [-0.2, 0) is 11.2 Å². The van der Waals surface area contributed by atoms with Gasteiger partial charge in [-0.25, -0.2) is 8.78 Å². The van der Waals surface area contributed by atoms with E-state index in [1.54, 1.807) is 36.7 Å². The van der Waals surface area contributed by atoms with Crippen molar-refractivity contribution in [3.63, 3.8) is 0 Å². The standard InChI is InChI=1S/C28H22ClF2N5O3S/c1-3-22(23(37)11-15-4-7-20-21(10-15)33-9-8-32-20)36-14-24(39-2)19(13-25(36)38)18-12-16(29)5-6-17(18)27-34-35-28(40-27)26(30)31/h4-10,12-14,22,26H,3,11H2,1-2H3. The molecule has 0 saturated heterocycles. The zero-order valence-corrected chi connectivity index (χ0v) is 22.9. The first-order chi connectivity index (χ1) is 19.3. The Labute approximate surface area is 236 Å². The molecule has 5 rings (SSSR count). The van der Waals surface area contributed by atoms with Gasteiger partial charge in [-0.3, -0.25) is 19.6 Å². The van der Waals surface area contributed by atoms with Crippen molar-refractivity contribution in [2.24, 2.45) is 0 Å². The highest BCUT2D eigenvalue weighted by Gasteiger charge is 2.24. The first-order valence-electron chi connectivity index (χ1n) is 12.2. The Morgan fingerprint density at radius 3 is 2.50 bits per heavy atom. The molecular formula is C28H22ClF2N5O3S. The van der Waals surface area contributed by atoms with E-state index in [1.807, 2.05) is 19.1 Å². The molecule has 0 saturated carbocycles. The number of Topliss-reactive ketones (excluding diaryl/α,β-unsaturated/α-hetero) is 1. The molecule has 1 unspecified atom stereocenters. The maximum absolute atomic E-state index is 13.4. The highest BCUT2D eigenvalue weighted by atomic mass is 35.5. The third kappa shape index (κ3) is 5.47. The SMILES string of the molecule is CCC(C(=O)Cc1ccc2nccnc2c1)n1cc(OC)c(-c2cc(Cl)ccc2-c2nnc(C(F)F)s2)cc1=O. The van der Waals surface area contributed by atoms with E-state index in [0.29, 0.717) is 39.4 Å². The highest BCUT2D eigenvalue weighted by Crippen LogP contribution is 2.40. The minimum atomic E-state index is -2.76. The summed E-state index contributed by atoms with van der Waals surface area (Å²) in [6.45, 7) is 1.83. The van der Waals surface area contributed by atoms with Crippen LogP contribution >= 0.6 is 22.9 Å². The number of hydrogen-bond donors (Lipinski definition) is 0. The number of nitrogens with zero attached hydrogens (tertiary/aromatic N) is 5. The van der Waals surface area contributed by atoms with Crippen molar-refractivity contribution in [3.8, 4) is 27.4 Å².